The number of methoxy groups -OCH3 is 2. The summed E-state index contributed by atoms with van der Waals surface area (Å²) in [4.78, 5) is 32.6. The van der Waals surface area contributed by atoms with Crippen molar-refractivity contribution in [3.05, 3.63) is 71.8 Å². The van der Waals surface area contributed by atoms with E-state index in [4.69, 9.17) is 10.5 Å². The van der Waals surface area contributed by atoms with Gasteiger partial charge in [0.15, 0.2) is 0 Å². The molecule has 0 fully saturated rings. The molecule has 218 valence electrons. The van der Waals surface area contributed by atoms with Crippen LogP contribution in [0.25, 0.3) is 0 Å². The number of benzene rings is 2. The molecule has 0 unspecified atom stereocenters. The van der Waals surface area contributed by atoms with Gasteiger partial charge in [-0.05, 0) is 71.0 Å². The Kier molecular flexibility index (Phi) is 19.3. The average Bonchev–Trinajstić information content (AvgIpc) is 2.95. The Bertz CT molecular complexity index is 915. The summed E-state index contributed by atoms with van der Waals surface area (Å²) in [6.07, 6.45) is 5.79. The van der Waals surface area contributed by atoms with E-state index in [2.05, 4.69) is 34.3 Å². The van der Waals surface area contributed by atoms with Gasteiger partial charge in [0.2, 0.25) is 0 Å². The minimum absolute atomic E-state index is 0.121. The molecule has 7 nitrogen and oxygen atoms in total. The third-order valence-electron chi connectivity index (χ3n) is 6.26. The first-order valence-electron chi connectivity index (χ1n) is 13.6. The second kappa shape index (κ2) is 20.9. The molecular formula is C32H50N2O5. The van der Waals surface area contributed by atoms with Gasteiger partial charge in [0.1, 0.15) is 6.29 Å². The van der Waals surface area contributed by atoms with Crippen LogP contribution in [-0.2, 0) is 36.9 Å². The summed E-state index contributed by atoms with van der Waals surface area (Å²) in [5.74, 6) is -0.335. The van der Waals surface area contributed by atoms with Crippen molar-refractivity contribution in [1.29, 1.82) is 0 Å². The van der Waals surface area contributed by atoms with Crippen molar-refractivity contribution in [2.45, 2.75) is 79.3 Å². The van der Waals surface area contributed by atoms with Crippen LogP contribution in [0.15, 0.2) is 60.7 Å². The minimum atomic E-state index is -0.461. The Labute approximate surface area is 235 Å². The van der Waals surface area contributed by atoms with Gasteiger partial charge in [0, 0.05) is 19.5 Å². The fraction of sp³-hybridized carbons (Fsp3) is 0.531. The molecule has 0 spiro atoms. The molecule has 2 rings (SSSR count). The van der Waals surface area contributed by atoms with Crippen LogP contribution in [0.1, 0.15) is 77.3 Å². The zero-order chi connectivity index (χ0) is 29.6. The minimum Gasteiger partial charge on any atom is -0.469 e. The fourth-order valence-electron chi connectivity index (χ4n) is 3.64. The van der Waals surface area contributed by atoms with Crippen LogP contribution in [0.2, 0.25) is 0 Å². The molecule has 0 bridgehead atoms. The highest BCUT2D eigenvalue weighted by Gasteiger charge is 2.28. The van der Waals surface area contributed by atoms with Gasteiger partial charge in [-0.2, -0.15) is 0 Å². The van der Waals surface area contributed by atoms with Gasteiger partial charge < -0.3 is 25.3 Å². The number of carbonyl (C=O) groups excluding carboxylic acids is 3. The first-order chi connectivity index (χ1) is 18.5. The van der Waals surface area contributed by atoms with E-state index in [1.54, 1.807) is 0 Å². The number of carbonyl (C=O) groups is 3. The number of hydrogen-bond acceptors (Lipinski definition) is 7. The molecule has 0 saturated heterocycles. The van der Waals surface area contributed by atoms with E-state index in [1.165, 1.54) is 25.3 Å². The van der Waals surface area contributed by atoms with E-state index in [0.29, 0.717) is 19.4 Å². The van der Waals surface area contributed by atoms with Gasteiger partial charge in [0.25, 0.3) is 0 Å². The van der Waals surface area contributed by atoms with Crippen molar-refractivity contribution in [3.8, 4) is 0 Å². The lowest BCUT2D eigenvalue weighted by molar-refractivity contribution is -0.151. The van der Waals surface area contributed by atoms with Gasteiger partial charge in [-0.15, -0.1) is 0 Å². The summed E-state index contributed by atoms with van der Waals surface area (Å²) in [5, 5.41) is 3.41. The maximum absolute atomic E-state index is 11.5. The van der Waals surface area contributed by atoms with Crippen LogP contribution in [0, 0.1) is 10.8 Å². The summed E-state index contributed by atoms with van der Waals surface area (Å²) < 4.78 is 9.41. The summed E-state index contributed by atoms with van der Waals surface area (Å²) in [6, 6.07) is 20.4. The standard InChI is InChI=1S/C16H25NO2.C9H16O3.C7H9N/c1-16(2,15(18)19-3)11-7-8-12-17-13-14-9-5-4-6-10-14;1-9(2,8(11)12-3)6-4-5-7-10;8-6-7-4-2-1-3-5-7/h4-6,9-10,17H,7-8,11-13H2,1-3H3;7H,4-6H2,1-3H3;1-5H,6,8H2. The molecule has 0 heterocycles. The first-order valence-corrected chi connectivity index (χ1v) is 13.6. The number of unbranched alkanes of at least 4 members (excludes halogenated alkanes) is 2. The average molecular weight is 543 g/mol. The van der Waals surface area contributed by atoms with E-state index in [1.807, 2.05) is 64.1 Å². The Morgan fingerprint density at radius 2 is 1.23 bits per heavy atom. The Hall–Kier alpha value is -3.03. The van der Waals surface area contributed by atoms with E-state index in [9.17, 15) is 14.4 Å². The fourth-order valence-corrected chi connectivity index (χ4v) is 3.64. The lowest BCUT2D eigenvalue weighted by atomic mass is 9.87. The molecule has 39 heavy (non-hydrogen) atoms. The lowest BCUT2D eigenvalue weighted by Gasteiger charge is -2.21. The van der Waals surface area contributed by atoms with Crippen LogP contribution in [-0.4, -0.2) is 39.0 Å². The molecule has 2 aromatic carbocycles. The highest BCUT2D eigenvalue weighted by atomic mass is 16.5. The normalized spacial score (nSPS) is 10.7. The SMILES string of the molecule is COC(=O)C(C)(C)CCCC=O.COC(=O)C(C)(C)CCCCNCc1ccccc1.NCc1ccccc1. The zero-order valence-corrected chi connectivity index (χ0v) is 24.8. The number of esters is 2. The number of aldehydes is 1. The summed E-state index contributed by atoms with van der Waals surface area (Å²) in [5.41, 5.74) is 7.01. The zero-order valence-electron chi connectivity index (χ0n) is 24.8. The predicted molar refractivity (Wildman–Crippen MR) is 158 cm³/mol. The van der Waals surface area contributed by atoms with Crippen molar-refractivity contribution in [1.82, 2.24) is 5.32 Å². The van der Waals surface area contributed by atoms with Crippen molar-refractivity contribution >= 4 is 18.2 Å². The number of ether oxygens (including phenoxy) is 2. The third kappa shape index (κ3) is 17.2. The quantitative estimate of drug-likeness (QED) is 0.175. The molecule has 0 aliphatic carbocycles. The second-order valence-corrected chi connectivity index (χ2v) is 10.6. The van der Waals surface area contributed by atoms with Gasteiger partial charge >= 0.3 is 11.9 Å². The van der Waals surface area contributed by atoms with Gasteiger partial charge in [-0.1, -0.05) is 67.1 Å². The molecule has 0 atom stereocenters. The van der Waals surface area contributed by atoms with E-state index in [-0.39, 0.29) is 17.4 Å². The van der Waals surface area contributed by atoms with Crippen LogP contribution in [0.3, 0.4) is 0 Å². The molecule has 0 aromatic heterocycles. The van der Waals surface area contributed by atoms with Crippen LogP contribution in [0.4, 0.5) is 0 Å². The number of nitrogens with one attached hydrogen (secondary N) is 1. The topological polar surface area (TPSA) is 108 Å². The third-order valence-corrected chi connectivity index (χ3v) is 6.26. The lowest BCUT2D eigenvalue weighted by Crippen LogP contribution is -2.25. The molecular weight excluding hydrogens is 492 g/mol. The van der Waals surface area contributed by atoms with Gasteiger partial charge in [-0.3, -0.25) is 9.59 Å². The Morgan fingerprint density at radius 1 is 0.769 bits per heavy atom. The van der Waals surface area contributed by atoms with E-state index < -0.39 is 5.41 Å². The monoisotopic (exact) mass is 542 g/mol. The van der Waals surface area contributed by atoms with Crippen molar-refractivity contribution < 1.29 is 23.9 Å². The van der Waals surface area contributed by atoms with E-state index in [0.717, 1.165) is 45.1 Å². The number of hydrogen-bond donors (Lipinski definition) is 2. The molecule has 2 aromatic rings. The maximum Gasteiger partial charge on any atom is 0.311 e. The van der Waals surface area contributed by atoms with E-state index >= 15 is 0 Å². The second-order valence-electron chi connectivity index (χ2n) is 10.6. The molecule has 3 N–H and O–H groups in total. The Balaban J connectivity index is 0.000000614. The predicted octanol–water partition coefficient (Wildman–Crippen LogP) is 5.85. The van der Waals surface area contributed by atoms with Gasteiger partial charge in [-0.25, -0.2) is 0 Å². The molecule has 0 aliphatic rings. The Morgan fingerprint density at radius 3 is 1.64 bits per heavy atom. The molecule has 0 aliphatic heterocycles. The van der Waals surface area contributed by atoms with Crippen molar-refractivity contribution in [2.24, 2.45) is 16.6 Å². The largest absolute Gasteiger partial charge is 0.469 e. The molecule has 0 amide bonds. The van der Waals surface area contributed by atoms with Crippen LogP contribution < -0.4 is 11.1 Å². The smallest absolute Gasteiger partial charge is 0.311 e. The van der Waals surface area contributed by atoms with Crippen LogP contribution >= 0.6 is 0 Å². The highest BCUT2D eigenvalue weighted by Crippen LogP contribution is 2.25. The van der Waals surface area contributed by atoms with Crippen molar-refractivity contribution in [2.75, 3.05) is 20.8 Å². The number of rotatable bonds is 14. The maximum atomic E-state index is 11.5. The summed E-state index contributed by atoms with van der Waals surface area (Å²) >= 11 is 0. The summed E-state index contributed by atoms with van der Waals surface area (Å²) in [6.45, 7) is 10.0. The molecule has 0 radical (unpaired) electrons. The van der Waals surface area contributed by atoms with Crippen molar-refractivity contribution in [3.63, 3.8) is 0 Å². The first kappa shape index (κ1) is 36.0. The molecule has 7 heteroatoms. The summed E-state index contributed by atoms with van der Waals surface area (Å²) in [7, 11) is 2.83. The highest BCUT2D eigenvalue weighted by molar-refractivity contribution is 5.76. The number of nitrogens with two attached hydrogens (primary N) is 1. The van der Waals surface area contributed by atoms with Crippen LogP contribution in [0.5, 0.6) is 0 Å². The molecule has 0 saturated carbocycles. The van der Waals surface area contributed by atoms with Gasteiger partial charge in [0.05, 0.1) is 25.0 Å².